The Hall–Kier alpha value is -4.38. The van der Waals surface area contributed by atoms with Crippen molar-refractivity contribution in [1.29, 1.82) is 0 Å². The number of fused-ring (bicyclic) bond motifs is 1. The van der Waals surface area contributed by atoms with Crippen LogP contribution in [0.5, 0.6) is 5.75 Å². The second-order valence-corrected chi connectivity index (χ2v) is 12.0. The third-order valence-electron chi connectivity index (χ3n) is 6.18. The predicted octanol–water partition coefficient (Wildman–Crippen LogP) is 4.76. The van der Waals surface area contributed by atoms with Crippen molar-refractivity contribution in [3.05, 3.63) is 77.7 Å². The summed E-state index contributed by atoms with van der Waals surface area (Å²) in [4.78, 5) is 30.3. The Morgan fingerprint density at radius 3 is 2.18 bits per heavy atom. The molecule has 2 aromatic carbocycles. The number of sulfonamides is 1. The van der Waals surface area contributed by atoms with E-state index in [2.05, 4.69) is 20.3 Å². The molecular formula is C28H31N5O5S. The molecule has 0 atom stereocenters. The summed E-state index contributed by atoms with van der Waals surface area (Å²) in [5, 5.41) is 6.56. The molecule has 2 amide bonds. The largest absolute Gasteiger partial charge is 0.492 e. The maximum absolute atomic E-state index is 13.6. The maximum Gasteiger partial charge on any atom is 0.272 e. The van der Waals surface area contributed by atoms with Crippen molar-refractivity contribution in [1.82, 2.24) is 9.55 Å². The number of carbonyl (C=O) groups excluding carboxylic acids is 2. The van der Waals surface area contributed by atoms with Crippen LogP contribution in [-0.2, 0) is 22.5 Å². The van der Waals surface area contributed by atoms with Crippen LogP contribution in [0.3, 0.4) is 0 Å². The van der Waals surface area contributed by atoms with Gasteiger partial charge in [0.15, 0.2) is 5.75 Å². The van der Waals surface area contributed by atoms with Gasteiger partial charge in [-0.1, -0.05) is 32.9 Å². The van der Waals surface area contributed by atoms with Gasteiger partial charge in [0.1, 0.15) is 5.69 Å². The zero-order valence-electron chi connectivity index (χ0n) is 22.6. The number of hydrogen-bond acceptors (Lipinski definition) is 6. The summed E-state index contributed by atoms with van der Waals surface area (Å²) in [6.07, 6.45) is 4.13. The monoisotopic (exact) mass is 549 g/mol. The average Bonchev–Trinajstić information content (AvgIpc) is 3.20. The van der Waals surface area contributed by atoms with Crippen LogP contribution in [0.25, 0.3) is 10.9 Å². The van der Waals surface area contributed by atoms with Crippen LogP contribution in [0.2, 0.25) is 0 Å². The molecule has 0 aliphatic heterocycles. The highest BCUT2D eigenvalue weighted by Gasteiger charge is 2.24. The molecule has 3 N–H and O–H groups in total. The molecule has 0 fully saturated rings. The number of pyridine rings is 1. The minimum atomic E-state index is -3.61. The highest BCUT2D eigenvalue weighted by Crippen LogP contribution is 2.39. The van der Waals surface area contributed by atoms with E-state index in [0.29, 0.717) is 28.1 Å². The van der Waals surface area contributed by atoms with Crippen LogP contribution in [0, 0.1) is 0 Å². The topological polar surface area (TPSA) is 131 Å². The molecule has 11 heteroatoms. The van der Waals surface area contributed by atoms with Crippen LogP contribution < -0.4 is 20.1 Å². The fraction of sp³-hybridized carbons (Fsp3) is 0.250. The van der Waals surface area contributed by atoms with Crippen molar-refractivity contribution < 1.29 is 22.7 Å². The highest BCUT2D eigenvalue weighted by molar-refractivity contribution is 7.92. The van der Waals surface area contributed by atoms with E-state index < -0.39 is 15.9 Å². The number of benzene rings is 2. The molecule has 0 saturated heterocycles. The molecule has 39 heavy (non-hydrogen) atoms. The fourth-order valence-electron chi connectivity index (χ4n) is 4.27. The zero-order chi connectivity index (χ0) is 28.5. The number of ether oxygens (including phenoxy) is 1. The van der Waals surface area contributed by atoms with Gasteiger partial charge in [0.25, 0.3) is 11.8 Å². The first-order valence-corrected chi connectivity index (χ1v) is 14.0. The van der Waals surface area contributed by atoms with Crippen molar-refractivity contribution in [2.75, 3.05) is 28.7 Å². The van der Waals surface area contributed by atoms with E-state index in [0.717, 1.165) is 17.2 Å². The van der Waals surface area contributed by atoms with Crippen molar-refractivity contribution in [3.63, 3.8) is 0 Å². The Bertz CT molecular complexity index is 1670. The molecule has 0 spiro atoms. The van der Waals surface area contributed by atoms with E-state index in [1.54, 1.807) is 66.5 Å². The molecule has 4 rings (SSSR count). The lowest BCUT2D eigenvalue weighted by Crippen LogP contribution is -2.19. The highest BCUT2D eigenvalue weighted by atomic mass is 32.2. The summed E-state index contributed by atoms with van der Waals surface area (Å²) in [6, 6.07) is 13.8. The standard InChI is InChI=1S/C28H31N5O5S/c1-28(2,3)19-15-21(25(38-5)22(16-19)32-39(6,36)37)31-27(35)23-14-18-8-7-9-20(24(18)33(23)4)30-26(34)17-10-12-29-13-11-17/h7-16,32H,1-6H3,(H,30,34)(H,31,35). The Morgan fingerprint density at radius 2 is 1.56 bits per heavy atom. The van der Waals surface area contributed by atoms with Gasteiger partial charge in [-0.15, -0.1) is 0 Å². The van der Waals surface area contributed by atoms with E-state index in [9.17, 15) is 18.0 Å². The van der Waals surface area contributed by atoms with Crippen molar-refractivity contribution in [2.45, 2.75) is 26.2 Å². The van der Waals surface area contributed by atoms with E-state index in [4.69, 9.17) is 4.74 Å². The van der Waals surface area contributed by atoms with Crippen molar-refractivity contribution in [2.24, 2.45) is 7.05 Å². The van der Waals surface area contributed by atoms with Gasteiger partial charge in [0.05, 0.1) is 35.9 Å². The van der Waals surface area contributed by atoms with Gasteiger partial charge in [-0.2, -0.15) is 0 Å². The normalized spacial score (nSPS) is 11.7. The summed E-state index contributed by atoms with van der Waals surface area (Å²) >= 11 is 0. The Morgan fingerprint density at radius 1 is 0.923 bits per heavy atom. The minimum Gasteiger partial charge on any atom is -0.492 e. The van der Waals surface area contributed by atoms with Gasteiger partial charge >= 0.3 is 0 Å². The van der Waals surface area contributed by atoms with E-state index in [-0.39, 0.29) is 22.8 Å². The molecule has 4 aromatic rings. The molecule has 10 nitrogen and oxygen atoms in total. The van der Waals surface area contributed by atoms with Gasteiger partial charge in [0, 0.05) is 30.4 Å². The number of nitrogens with one attached hydrogen (secondary N) is 3. The van der Waals surface area contributed by atoms with Gasteiger partial charge in [-0.05, 0) is 47.4 Å². The summed E-state index contributed by atoms with van der Waals surface area (Å²) in [5.74, 6) is -0.549. The van der Waals surface area contributed by atoms with Crippen LogP contribution in [0.15, 0.2) is 60.9 Å². The predicted molar refractivity (Wildman–Crippen MR) is 153 cm³/mol. The first kappa shape index (κ1) is 27.6. The SMILES string of the molecule is COc1c(NC(=O)c2cc3cccc(NC(=O)c4ccncc4)c3n2C)cc(C(C)(C)C)cc1NS(C)(=O)=O. The Labute approximate surface area is 227 Å². The molecule has 204 valence electrons. The summed E-state index contributed by atoms with van der Waals surface area (Å²) in [5.41, 5.74) is 2.99. The zero-order valence-corrected chi connectivity index (χ0v) is 23.4. The van der Waals surface area contributed by atoms with Crippen LogP contribution in [0.4, 0.5) is 17.1 Å². The minimum absolute atomic E-state index is 0.186. The molecule has 0 aliphatic rings. The lowest BCUT2D eigenvalue weighted by Gasteiger charge is -2.24. The van der Waals surface area contributed by atoms with Gasteiger partial charge in [-0.25, -0.2) is 8.42 Å². The van der Waals surface area contributed by atoms with Crippen LogP contribution >= 0.6 is 0 Å². The first-order chi connectivity index (χ1) is 18.3. The fourth-order valence-corrected chi connectivity index (χ4v) is 4.82. The van der Waals surface area contributed by atoms with Crippen molar-refractivity contribution >= 4 is 49.8 Å². The van der Waals surface area contributed by atoms with E-state index in [1.807, 2.05) is 26.8 Å². The number of aromatic nitrogens is 2. The number of aryl methyl sites for hydroxylation is 1. The van der Waals surface area contributed by atoms with E-state index in [1.165, 1.54) is 7.11 Å². The molecule has 2 aromatic heterocycles. The smallest absolute Gasteiger partial charge is 0.272 e. The third kappa shape index (κ3) is 6.04. The summed E-state index contributed by atoms with van der Waals surface area (Å²) < 4.78 is 33.8. The molecule has 0 bridgehead atoms. The van der Waals surface area contributed by atoms with Crippen LogP contribution in [-0.4, -0.2) is 43.1 Å². The molecular weight excluding hydrogens is 518 g/mol. The third-order valence-corrected chi connectivity index (χ3v) is 6.77. The number of rotatable bonds is 7. The number of amides is 2. The lowest BCUT2D eigenvalue weighted by molar-refractivity contribution is 0.101. The molecule has 0 aliphatic carbocycles. The van der Waals surface area contributed by atoms with E-state index >= 15 is 0 Å². The number of nitrogens with zero attached hydrogens (tertiary/aromatic N) is 2. The van der Waals surface area contributed by atoms with Gasteiger partial charge in [0.2, 0.25) is 10.0 Å². The number of para-hydroxylation sites is 1. The summed E-state index contributed by atoms with van der Waals surface area (Å²) in [6.45, 7) is 5.95. The second-order valence-electron chi connectivity index (χ2n) is 10.2. The Balaban J connectivity index is 1.73. The summed E-state index contributed by atoms with van der Waals surface area (Å²) in [7, 11) is -0.472. The molecule has 2 heterocycles. The quantitative estimate of drug-likeness (QED) is 0.305. The number of carbonyl (C=O) groups is 2. The Kier molecular flexibility index (Phi) is 7.38. The van der Waals surface area contributed by atoms with Gasteiger partial charge < -0.3 is 19.9 Å². The average molecular weight is 550 g/mol. The number of hydrogen-bond donors (Lipinski definition) is 3. The second kappa shape index (κ2) is 10.4. The number of methoxy groups -OCH3 is 1. The lowest BCUT2D eigenvalue weighted by atomic mass is 9.86. The van der Waals surface area contributed by atoms with Crippen molar-refractivity contribution in [3.8, 4) is 5.75 Å². The molecule has 0 saturated carbocycles. The molecule has 0 unspecified atom stereocenters. The first-order valence-electron chi connectivity index (χ1n) is 12.1. The molecule has 0 radical (unpaired) electrons. The number of anilines is 3. The van der Waals surface area contributed by atoms with Gasteiger partial charge in [-0.3, -0.25) is 19.3 Å². The van der Waals surface area contributed by atoms with Crippen LogP contribution in [0.1, 0.15) is 47.2 Å². The maximum atomic E-state index is 13.6.